The van der Waals surface area contributed by atoms with Gasteiger partial charge < -0.3 is 10.5 Å². The fourth-order valence-electron chi connectivity index (χ4n) is 1.20. The molecule has 0 heterocycles. The molecule has 1 aromatic rings. The third-order valence-corrected chi connectivity index (χ3v) is 2.62. The van der Waals surface area contributed by atoms with Crippen molar-refractivity contribution < 1.29 is 9.13 Å². The van der Waals surface area contributed by atoms with Gasteiger partial charge in [0.25, 0.3) is 0 Å². The summed E-state index contributed by atoms with van der Waals surface area (Å²) in [5.74, 6) is 0.418. The number of hydrogen-bond donors (Lipinski definition) is 1. The van der Waals surface area contributed by atoms with E-state index in [2.05, 4.69) is 15.9 Å². The van der Waals surface area contributed by atoms with Crippen LogP contribution >= 0.6 is 15.9 Å². The van der Waals surface area contributed by atoms with E-state index in [1.807, 2.05) is 0 Å². The largest absolute Gasteiger partial charge is 0.492 e. The number of rotatable bonds is 6. The number of unbranched alkanes of at least 4 members (excludes halogenated alkanes) is 2. The Morgan fingerprint density at radius 2 is 2.07 bits per heavy atom. The predicted molar refractivity (Wildman–Crippen MR) is 62.5 cm³/mol. The van der Waals surface area contributed by atoms with Gasteiger partial charge in [0.15, 0.2) is 0 Å². The Bertz CT molecular complexity index is 307. The van der Waals surface area contributed by atoms with Crippen LogP contribution in [0.1, 0.15) is 19.3 Å². The normalized spacial score (nSPS) is 10.3. The van der Waals surface area contributed by atoms with Gasteiger partial charge in [-0.15, -0.1) is 0 Å². The van der Waals surface area contributed by atoms with Gasteiger partial charge >= 0.3 is 0 Å². The van der Waals surface area contributed by atoms with Crippen LogP contribution in [-0.4, -0.2) is 13.2 Å². The van der Waals surface area contributed by atoms with Crippen LogP contribution in [-0.2, 0) is 0 Å². The number of nitrogens with two attached hydrogens (primary N) is 1. The molecule has 0 bridgehead atoms. The van der Waals surface area contributed by atoms with E-state index in [9.17, 15) is 4.39 Å². The molecule has 0 fully saturated rings. The van der Waals surface area contributed by atoms with Gasteiger partial charge in [0.05, 0.1) is 11.1 Å². The highest BCUT2D eigenvalue weighted by atomic mass is 79.9. The van der Waals surface area contributed by atoms with E-state index in [-0.39, 0.29) is 5.82 Å². The minimum Gasteiger partial charge on any atom is -0.492 e. The van der Waals surface area contributed by atoms with Gasteiger partial charge in [-0.1, -0.05) is 0 Å². The van der Waals surface area contributed by atoms with Crippen LogP contribution in [0.25, 0.3) is 0 Å². The Morgan fingerprint density at radius 3 is 2.73 bits per heavy atom. The summed E-state index contributed by atoms with van der Waals surface area (Å²) in [6.45, 7) is 1.37. The molecular formula is C11H15BrFNO. The van der Waals surface area contributed by atoms with E-state index < -0.39 is 0 Å². The summed E-state index contributed by atoms with van der Waals surface area (Å²) in [4.78, 5) is 0. The summed E-state index contributed by atoms with van der Waals surface area (Å²) in [7, 11) is 0. The number of halogens is 2. The van der Waals surface area contributed by atoms with Gasteiger partial charge in [0, 0.05) is 0 Å². The van der Waals surface area contributed by atoms with Crippen molar-refractivity contribution in [3.63, 3.8) is 0 Å². The Balaban J connectivity index is 2.31. The minimum absolute atomic E-state index is 0.266. The lowest BCUT2D eigenvalue weighted by Crippen LogP contribution is -2.01. The molecule has 1 rings (SSSR count). The summed E-state index contributed by atoms with van der Waals surface area (Å²) < 4.78 is 18.9. The average Bonchev–Trinajstić information content (AvgIpc) is 2.20. The first kappa shape index (κ1) is 12.5. The highest BCUT2D eigenvalue weighted by Crippen LogP contribution is 2.25. The zero-order valence-corrected chi connectivity index (χ0v) is 10.1. The van der Waals surface area contributed by atoms with E-state index >= 15 is 0 Å². The summed E-state index contributed by atoms with van der Waals surface area (Å²) in [5.41, 5.74) is 5.37. The van der Waals surface area contributed by atoms with Crippen molar-refractivity contribution in [2.75, 3.05) is 13.2 Å². The molecule has 4 heteroatoms. The monoisotopic (exact) mass is 275 g/mol. The van der Waals surface area contributed by atoms with Gasteiger partial charge in [-0.05, 0) is 59.9 Å². The molecule has 0 aliphatic rings. The van der Waals surface area contributed by atoms with Crippen LogP contribution in [0, 0.1) is 5.82 Å². The third kappa shape index (κ3) is 4.62. The lowest BCUT2D eigenvalue weighted by atomic mass is 10.2. The van der Waals surface area contributed by atoms with Crippen molar-refractivity contribution in [2.24, 2.45) is 5.73 Å². The zero-order chi connectivity index (χ0) is 11.1. The minimum atomic E-state index is -0.266. The number of benzene rings is 1. The first-order valence-corrected chi connectivity index (χ1v) is 5.81. The Hall–Kier alpha value is -0.610. The molecule has 0 aromatic heterocycles. The summed E-state index contributed by atoms with van der Waals surface area (Å²) in [5, 5.41) is 0. The maximum atomic E-state index is 12.7. The van der Waals surface area contributed by atoms with Crippen molar-refractivity contribution in [3.05, 3.63) is 28.5 Å². The maximum Gasteiger partial charge on any atom is 0.133 e. The molecule has 0 atom stereocenters. The third-order valence-electron chi connectivity index (χ3n) is 2.00. The van der Waals surface area contributed by atoms with E-state index in [1.165, 1.54) is 12.1 Å². The average molecular weight is 276 g/mol. The SMILES string of the molecule is NCCCCCOc1ccc(F)cc1Br. The highest BCUT2D eigenvalue weighted by molar-refractivity contribution is 9.10. The zero-order valence-electron chi connectivity index (χ0n) is 8.51. The van der Waals surface area contributed by atoms with Gasteiger partial charge in [-0.3, -0.25) is 0 Å². The van der Waals surface area contributed by atoms with Crippen molar-refractivity contribution in [3.8, 4) is 5.75 Å². The molecule has 0 unspecified atom stereocenters. The van der Waals surface area contributed by atoms with Gasteiger partial charge in [-0.25, -0.2) is 4.39 Å². The lowest BCUT2D eigenvalue weighted by Gasteiger charge is -2.07. The molecule has 0 aliphatic carbocycles. The molecule has 0 radical (unpaired) electrons. The Labute approximate surface area is 97.7 Å². The molecule has 15 heavy (non-hydrogen) atoms. The van der Waals surface area contributed by atoms with Gasteiger partial charge in [0.1, 0.15) is 11.6 Å². The molecular weight excluding hydrogens is 261 g/mol. The first-order chi connectivity index (χ1) is 7.24. The van der Waals surface area contributed by atoms with E-state index in [4.69, 9.17) is 10.5 Å². The van der Waals surface area contributed by atoms with E-state index in [1.54, 1.807) is 6.07 Å². The second kappa shape index (κ2) is 6.80. The quantitative estimate of drug-likeness (QED) is 0.810. The number of ether oxygens (including phenoxy) is 1. The van der Waals surface area contributed by atoms with Crippen LogP contribution in [0.3, 0.4) is 0 Å². The fourth-order valence-corrected chi connectivity index (χ4v) is 1.66. The summed E-state index contributed by atoms with van der Waals surface area (Å²) in [6, 6.07) is 4.41. The van der Waals surface area contributed by atoms with Crippen LogP contribution in [0.2, 0.25) is 0 Å². The smallest absolute Gasteiger partial charge is 0.133 e. The predicted octanol–water partition coefficient (Wildman–Crippen LogP) is 3.10. The van der Waals surface area contributed by atoms with Crippen LogP contribution in [0.4, 0.5) is 4.39 Å². The maximum absolute atomic E-state index is 12.7. The van der Waals surface area contributed by atoms with Crippen LogP contribution < -0.4 is 10.5 Å². The molecule has 0 aliphatic heterocycles. The standard InChI is InChI=1S/C11H15BrFNO/c12-10-8-9(13)4-5-11(10)15-7-3-1-2-6-14/h4-5,8H,1-3,6-7,14H2. The topological polar surface area (TPSA) is 35.2 Å². The highest BCUT2D eigenvalue weighted by Gasteiger charge is 2.01. The Kier molecular flexibility index (Phi) is 5.65. The van der Waals surface area contributed by atoms with Crippen LogP contribution in [0.15, 0.2) is 22.7 Å². The van der Waals surface area contributed by atoms with E-state index in [0.717, 1.165) is 25.8 Å². The summed E-state index contributed by atoms with van der Waals surface area (Å²) in [6.07, 6.45) is 3.06. The molecule has 2 N–H and O–H groups in total. The van der Waals surface area contributed by atoms with Crippen molar-refractivity contribution in [1.82, 2.24) is 0 Å². The molecule has 0 amide bonds. The molecule has 84 valence electrons. The van der Waals surface area contributed by atoms with E-state index in [0.29, 0.717) is 16.8 Å². The summed E-state index contributed by atoms with van der Waals surface area (Å²) >= 11 is 3.24. The molecule has 2 nitrogen and oxygen atoms in total. The van der Waals surface area contributed by atoms with Crippen LogP contribution in [0.5, 0.6) is 5.75 Å². The number of hydrogen-bond acceptors (Lipinski definition) is 2. The van der Waals surface area contributed by atoms with Gasteiger partial charge in [-0.2, -0.15) is 0 Å². The molecule has 0 saturated heterocycles. The second-order valence-corrected chi connectivity index (χ2v) is 4.13. The molecule has 0 saturated carbocycles. The fraction of sp³-hybridized carbons (Fsp3) is 0.455. The van der Waals surface area contributed by atoms with Gasteiger partial charge in [0.2, 0.25) is 0 Å². The van der Waals surface area contributed by atoms with Crippen molar-refractivity contribution >= 4 is 15.9 Å². The molecule has 0 spiro atoms. The molecule has 1 aromatic carbocycles. The van der Waals surface area contributed by atoms with Crippen molar-refractivity contribution in [1.29, 1.82) is 0 Å². The Morgan fingerprint density at radius 1 is 1.27 bits per heavy atom. The lowest BCUT2D eigenvalue weighted by molar-refractivity contribution is 0.303. The second-order valence-electron chi connectivity index (χ2n) is 3.27. The van der Waals surface area contributed by atoms with Crippen molar-refractivity contribution in [2.45, 2.75) is 19.3 Å². The first-order valence-electron chi connectivity index (χ1n) is 5.02.